The summed E-state index contributed by atoms with van der Waals surface area (Å²) >= 11 is 0. The molecule has 4 aromatic rings. The van der Waals surface area contributed by atoms with Gasteiger partial charge in [0.15, 0.2) is 5.76 Å². The van der Waals surface area contributed by atoms with E-state index in [1.165, 1.54) is 12.3 Å². The molecule has 2 aromatic carbocycles. The lowest BCUT2D eigenvalue weighted by atomic mass is 10.0. The van der Waals surface area contributed by atoms with Crippen LogP contribution in [0.4, 0.5) is 13.2 Å². The number of benzene rings is 2. The highest BCUT2D eigenvalue weighted by molar-refractivity contribution is 6.09. The molecule has 0 unspecified atom stereocenters. The molecule has 0 amide bonds. The summed E-state index contributed by atoms with van der Waals surface area (Å²) in [5.74, 6) is -0.246. The highest BCUT2D eigenvalue weighted by Crippen LogP contribution is 2.45. The van der Waals surface area contributed by atoms with Crippen molar-refractivity contribution in [1.29, 1.82) is 0 Å². The summed E-state index contributed by atoms with van der Waals surface area (Å²) < 4.78 is 46.7. The molecule has 114 valence electrons. The van der Waals surface area contributed by atoms with E-state index in [9.17, 15) is 13.2 Å². The van der Waals surface area contributed by atoms with Crippen LogP contribution in [0.25, 0.3) is 33.2 Å². The summed E-state index contributed by atoms with van der Waals surface area (Å²) in [6.45, 7) is 0. The van der Waals surface area contributed by atoms with Gasteiger partial charge in [0.05, 0.1) is 0 Å². The number of rotatable bonds is 1. The molecule has 0 fully saturated rings. The second-order valence-electron chi connectivity index (χ2n) is 5.18. The first-order valence-electron chi connectivity index (χ1n) is 6.98. The highest BCUT2D eigenvalue weighted by atomic mass is 19.4. The van der Waals surface area contributed by atoms with Crippen LogP contribution in [0.1, 0.15) is 5.56 Å². The fourth-order valence-electron chi connectivity index (χ4n) is 2.82. The lowest BCUT2D eigenvalue weighted by molar-refractivity contribution is -0.136. The van der Waals surface area contributed by atoms with Crippen LogP contribution < -0.4 is 0 Å². The van der Waals surface area contributed by atoms with E-state index >= 15 is 0 Å². The van der Waals surface area contributed by atoms with Crippen molar-refractivity contribution in [3.05, 3.63) is 66.4 Å². The van der Waals surface area contributed by atoms with Crippen molar-refractivity contribution in [2.45, 2.75) is 6.18 Å². The van der Waals surface area contributed by atoms with Crippen molar-refractivity contribution in [2.24, 2.45) is 0 Å². The van der Waals surface area contributed by atoms with Crippen LogP contribution in [0.5, 0.6) is 0 Å². The minimum atomic E-state index is -4.54. The molecule has 2 aromatic heterocycles. The number of furan rings is 1. The molecule has 0 spiro atoms. The number of alkyl halides is 3. The first kappa shape index (κ1) is 13.8. The van der Waals surface area contributed by atoms with Crippen molar-refractivity contribution in [2.75, 3.05) is 0 Å². The lowest BCUT2D eigenvalue weighted by Crippen LogP contribution is -2.06. The number of aromatic nitrogens is 1. The lowest BCUT2D eigenvalue weighted by Gasteiger charge is -2.08. The van der Waals surface area contributed by atoms with Gasteiger partial charge in [-0.2, -0.15) is 13.2 Å². The van der Waals surface area contributed by atoms with Crippen LogP contribution in [0.3, 0.4) is 0 Å². The predicted molar refractivity (Wildman–Crippen MR) is 82.0 cm³/mol. The Kier molecular flexibility index (Phi) is 2.91. The Bertz CT molecular complexity index is 1000. The number of nitrogens with zero attached hydrogens (tertiary/aromatic N) is 1. The Hall–Kier alpha value is -2.82. The molecule has 0 aliphatic heterocycles. The van der Waals surface area contributed by atoms with Gasteiger partial charge < -0.3 is 4.42 Å². The van der Waals surface area contributed by atoms with Gasteiger partial charge in [-0.25, -0.2) is 0 Å². The van der Waals surface area contributed by atoms with Crippen molar-refractivity contribution < 1.29 is 17.6 Å². The zero-order valence-corrected chi connectivity index (χ0v) is 11.8. The summed E-state index contributed by atoms with van der Waals surface area (Å²) in [4.78, 5) is 4.00. The van der Waals surface area contributed by atoms with Crippen LogP contribution in [0, 0.1) is 0 Å². The number of halogens is 3. The molecular weight excluding hydrogens is 303 g/mol. The van der Waals surface area contributed by atoms with Gasteiger partial charge in [-0.3, -0.25) is 4.98 Å². The largest absolute Gasteiger partial charge is 0.454 e. The van der Waals surface area contributed by atoms with Gasteiger partial charge in [0.25, 0.3) is 0 Å². The zero-order chi connectivity index (χ0) is 16.0. The van der Waals surface area contributed by atoms with Crippen LogP contribution in [0.2, 0.25) is 0 Å². The molecule has 0 saturated heterocycles. The molecule has 23 heavy (non-hydrogen) atoms. The van der Waals surface area contributed by atoms with Gasteiger partial charge in [0.2, 0.25) is 0 Å². The third-order valence-corrected chi connectivity index (χ3v) is 3.76. The van der Waals surface area contributed by atoms with E-state index in [1.807, 2.05) is 0 Å². The number of hydrogen-bond acceptors (Lipinski definition) is 2. The van der Waals surface area contributed by atoms with E-state index in [-0.39, 0.29) is 22.4 Å². The Morgan fingerprint density at radius 1 is 0.870 bits per heavy atom. The SMILES string of the molecule is FC(F)(F)c1c(-c2ccccn2)oc2ccc3ccccc3c12. The van der Waals surface area contributed by atoms with E-state index in [2.05, 4.69) is 4.98 Å². The zero-order valence-electron chi connectivity index (χ0n) is 11.8. The van der Waals surface area contributed by atoms with E-state index in [4.69, 9.17) is 4.42 Å². The molecule has 4 rings (SSSR count). The topological polar surface area (TPSA) is 26.0 Å². The molecule has 0 N–H and O–H groups in total. The standard InChI is InChI=1S/C18H10F3NO/c19-18(20,21)16-15-12-6-2-1-5-11(12)8-9-14(15)23-17(16)13-7-3-4-10-22-13/h1-10H. The smallest absolute Gasteiger partial charge is 0.420 e. The third kappa shape index (κ3) is 2.16. The normalized spacial score (nSPS) is 12.1. The molecule has 0 aliphatic rings. The Labute approximate surface area is 129 Å². The fraction of sp³-hybridized carbons (Fsp3) is 0.0556. The van der Waals surface area contributed by atoms with Crippen LogP contribution in [-0.2, 0) is 6.18 Å². The molecule has 0 aliphatic carbocycles. The molecule has 2 heterocycles. The van der Waals surface area contributed by atoms with Gasteiger partial charge in [-0.05, 0) is 29.0 Å². The van der Waals surface area contributed by atoms with Gasteiger partial charge in [-0.1, -0.05) is 36.4 Å². The van der Waals surface area contributed by atoms with Crippen molar-refractivity contribution >= 4 is 21.7 Å². The maximum Gasteiger partial charge on any atom is 0.420 e. The van der Waals surface area contributed by atoms with Gasteiger partial charge in [0, 0.05) is 11.6 Å². The highest BCUT2D eigenvalue weighted by Gasteiger charge is 2.39. The molecule has 0 saturated carbocycles. The number of hydrogen-bond donors (Lipinski definition) is 0. The molecule has 0 bridgehead atoms. The summed E-state index contributed by atoms with van der Waals surface area (Å²) in [5, 5.41) is 1.33. The third-order valence-electron chi connectivity index (χ3n) is 3.76. The predicted octanol–water partition coefficient (Wildman–Crippen LogP) is 5.67. The van der Waals surface area contributed by atoms with E-state index in [0.29, 0.717) is 5.39 Å². The van der Waals surface area contributed by atoms with Gasteiger partial charge >= 0.3 is 6.18 Å². The van der Waals surface area contributed by atoms with Crippen LogP contribution in [-0.4, -0.2) is 4.98 Å². The van der Waals surface area contributed by atoms with Crippen LogP contribution in [0.15, 0.2) is 65.2 Å². The summed E-state index contributed by atoms with van der Waals surface area (Å²) in [5.41, 5.74) is -0.403. The summed E-state index contributed by atoms with van der Waals surface area (Å²) in [6.07, 6.45) is -3.09. The first-order chi connectivity index (χ1) is 11.1. The molecule has 0 atom stereocenters. The van der Waals surface area contributed by atoms with Crippen molar-refractivity contribution in [3.8, 4) is 11.5 Å². The second-order valence-corrected chi connectivity index (χ2v) is 5.18. The first-order valence-corrected chi connectivity index (χ1v) is 6.98. The fourth-order valence-corrected chi connectivity index (χ4v) is 2.82. The maximum absolute atomic E-state index is 13.7. The monoisotopic (exact) mass is 313 g/mol. The second kappa shape index (κ2) is 4.84. The van der Waals surface area contributed by atoms with Gasteiger partial charge in [-0.15, -0.1) is 0 Å². The van der Waals surface area contributed by atoms with Gasteiger partial charge in [0.1, 0.15) is 16.8 Å². The molecule has 0 radical (unpaired) electrons. The minimum Gasteiger partial charge on any atom is -0.454 e. The number of fused-ring (bicyclic) bond motifs is 3. The van der Waals surface area contributed by atoms with Crippen molar-refractivity contribution in [3.63, 3.8) is 0 Å². The Balaban J connectivity index is 2.18. The average Bonchev–Trinajstić information content (AvgIpc) is 2.96. The Morgan fingerprint density at radius 3 is 2.39 bits per heavy atom. The van der Waals surface area contributed by atoms with E-state index in [1.54, 1.807) is 48.5 Å². The minimum absolute atomic E-state index is 0.0799. The molecular formula is C18H10F3NO. The quantitative estimate of drug-likeness (QED) is 0.453. The number of pyridine rings is 1. The van der Waals surface area contributed by atoms with Crippen molar-refractivity contribution in [1.82, 2.24) is 4.98 Å². The summed E-state index contributed by atoms with van der Waals surface area (Å²) in [6, 6.07) is 15.1. The van der Waals surface area contributed by atoms with Crippen LogP contribution >= 0.6 is 0 Å². The van der Waals surface area contributed by atoms with E-state index in [0.717, 1.165) is 5.39 Å². The summed E-state index contributed by atoms with van der Waals surface area (Å²) in [7, 11) is 0. The maximum atomic E-state index is 13.7. The Morgan fingerprint density at radius 2 is 1.65 bits per heavy atom. The average molecular weight is 313 g/mol. The molecule has 2 nitrogen and oxygen atoms in total. The van der Waals surface area contributed by atoms with E-state index < -0.39 is 11.7 Å². The molecule has 5 heteroatoms.